The molecule has 1 saturated heterocycles. The van der Waals surface area contributed by atoms with Crippen molar-refractivity contribution in [3.63, 3.8) is 0 Å². The second kappa shape index (κ2) is 9.44. The van der Waals surface area contributed by atoms with Crippen LogP contribution >= 0.6 is 0 Å². The summed E-state index contributed by atoms with van der Waals surface area (Å²) in [4.78, 5) is 49.3. The number of carbonyl (C=O) groups excluding carboxylic acids is 4. The Bertz CT molecular complexity index is 891. The first kappa shape index (κ1) is 26.4. The lowest BCUT2D eigenvalue weighted by Crippen LogP contribution is -2.62. The highest BCUT2D eigenvalue weighted by molar-refractivity contribution is 5.95. The quantitative estimate of drug-likeness (QED) is 0.446. The number of esters is 3. The highest BCUT2D eigenvalue weighted by atomic mass is 16.6. The molecule has 0 amide bonds. The summed E-state index contributed by atoms with van der Waals surface area (Å²) in [5.74, 6) is -1.79. The minimum atomic E-state index is -1.19. The number of hydrogen-bond donors (Lipinski definition) is 0. The van der Waals surface area contributed by atoms with Crippen LogP contribution in [0.4, 0.5) is 0 Å². The largest absolute Gasteiger partial charge is 0.458 e. The summed E-state index contributed by atoms with van der Waals surface area (Å²) in [5, 5.41) is 0. The van der Waals surface area contributed by atoms with Gasteiger partial charge in [-0.2, -0.15) is 0 Å². The van der Waals surface area contributed by atoms with Crippen molar-refractivity contribution in [2.45, 2.75) is 104 Å². The maximum atomic E-state index is 12.8. The second-order valence-electron chi connectivity index (χ2n) is 10.8. The predicted octanol–water partition coefficient (Wildman–Crippen LogP) is 3.55. The van der Waals surface area contributed by atoms with Crippen LogP contribution in [0, 0.1) is 23.7 Å². The first-order valence-electron chi connectivity index (χ1n) is 12.1. The van der Waals surface area contributed by atoms with Crippen LogP contribution in [0.5, 0.6) is 0 Å². The molecule has 0 spiro atoms. The average molecular weight is 479 g/mol. The van der Waals surface area contributed by atoms with Gasteiger partial charge >= 0.3 is 17.9 Å². The van der Waals surface area contributed by atoms with Crippen molar-refractivity contribution in [2.24, 2.45) is 23.7 Å². The van der Waals surface area contributed by atoms with E-state index in [4.69, 9.17) is 18.9 Å². The molecule has 34 heavy (non-hydrogen) atoms. The number of rotatable bonds is 4. The number of ketones is 1. The molecule has 8 atom stereocenters. The van der Waals surface area contributed by atoms with E-state index in [9.17, 15) is 19.2 Å². The molecule has 0 aromatic rings. The summed E-state index contributed by atoms with van der Waals surface area (Å²) in [6, 6.07) is 0. The van der Waals surface area contributed by atoms with Gasteiger partial charge in [-0.25, -0.2) is 0 Å². The Labute approximate surface area is 201 Å². The fourth-order valence-corrected chi connectivity index (χ4v) is 6.50. The SMILES string of the molecule is CC(=O)O[C@H]1C[C@H](C(C)C)[C@@H]2[C@@H]([C@H]3/C=C(/C)C(=O)CC[C@@](C)(OC(C)=O)[C@@H]2O3)[C@@]1(C)OC(C)=O. The zero-order valence-electron chi connectivity index (χ0n) is 21.5. The molecule has 2 fully saturated rings. The van der Waals surface area contributed by atoms with Crippen molar-refractivity contribution in [3.05, 3.63) is 11.6 Å². The molecule has 3 aliphatic rings. The lowest BCUT2D eigenvalue weighted by molar-refractivity contribution is -0.214. The maximum absolute atomic E-state index is 12.8. The minimum Gasteiger partial charge on any atom is -0.458 e. The second-order valence-corrected chi connectivity index (χ2v) is 10.8. The molecule has 1 saturated carbocycles. The van der Waals surface area contributed by atoms with Gasteiger partial charge in [0.1, 0.15) is 17.8 Å². The summed E-state index contributed by atoms with van der Waals surface area (Å²) in [5.41, 5.74) is -1.68. The van der Waals surface area contributed by atoms with Gasteiger partial charge in [-0.05, 0) is 57.1 Å². The lowest BCUT2D eigenvalue weighted by Gasteiger charge is -2.53. The van der Waals surface area contributed by atoms with E-state index < -0.39 is 53.3 Å². The normalized spacial score (nSPS) is 41.3. The molecule has 0 aromatic carbocycles. The van der Waals surface area contributed by atoms with Gasteiger partial charge in [0.25, 0.3) is 0 Å². The monoisotopic (exact) mass is 478 g/mol. The van der Waals surface area contributed by atoms with Gasteiger partial charge in [-0.1, -0.05) is 13.8 Å². The van der Waals surface area contributed by atoms with Crippen molar-refractivity contribution in [1.82, 2.24) is 0 Å². The molecule has 1 aliphatic carbocycles. The van der Waals surface area contributed by atoms with Gasteiger partial charge < -0.3 is 18.9 Å². The van der Waals surface area contributed by atoms with Crippen LogP contribution in [0.1, 0.15) is 74.7 Å². The molecular weight excluding hydrogens is 440 g/mol. The first-order valence-corrected chi connectivity index (χ1v) is 12.1. The fourth-order valence-electron chi connectivity index (χ4n) is 6.50. The van der Waals surface area contributed by atoms with Gasteiger partial charge in [-0.15, -0.1) is 0 Å². The van der Waals surface area contributed by atoms with Crippen LogP contribution in [-0.4, -0.2) is 53.2 Å². The lowest BCUT2D eigenvalue weighted by atomic mass is 9.56. The Morgan fingerprint density at radius 1 is 1.06 bits per heavy atom. The Balaban J connectivity index is 2.25. The number of allylic oxidation sites excluding steroid dienone is 1. The third-order valence-corrected chi connectivity index (χ3v) is 7.91. The number of Topliss-reactive ketones (excluding diaryl/α,β-unsaturated/α-hetero) is 1. The van der Waals surface area contributed by atoms with E-state index in [1.807, 2.05) is 6.92 Å². The zero-order valence-corrected chi connectivity index (χ0v) is 21.5. The molecule has 2 heterocycles. The summed E-state index contributed by atoms with van der Waals surface area (Å²) in [7, 11) is 0. The average Bonchev–Trinajstić information content (AvgIpc) is 3.08. The van der Waals surface area contributed by atoms with Crippen molar-refractivity contribution in [2.75, 3.05) is 0 Å². The van der Waals surface area contributed by atoms with Gasteiger partial charge in [0.05, 0.1) is 6.10 Å². The third-order valence-electron chi connectivity index (χ3n) is 7.91. The van der Waals surface area contributed by atoms with Gasteiger partial charge in [0, 0.05) is 39.0 Å². The standard InChI is InChI=1S/C26H38O8/c1-13(2)18-12-21(31-15(4)27)26(8,34-17(6)29)23-20-11-14(3)19(30)9-10-25(7,33-16(5)28)24(32-20)22(18)23/h11,13,18,20-24H,9-10,12H2,1-8H3/b14-11-/t18-,20-,21+,22-,23-,24-,25-,26+/m1/s1. The molecule has 8 heteroatoms. The highest BCUT2D eigenvalue weighted by Gasteiger charge is 2.67. The molecule has 2 aliphatic heterocycles. The van der Waals surface area contributed by atoms with Crippen molar-refractivity contribution >= 4 is 23.7 Å². The van der Waals surface area contributed by atoms with E-state index in [0.29, 0.717) is 18.4 Å². The number of carbonyl (C=O) groups is 4. The van der Waals surface area contributed by atoms with Crippen LogP contribution in [0.2, 0.25) is 0 Å². The third kappa shape index (κ3) is 4.79. The fraction of sp³-hybridized carbons (Fsp3) is 0.769. The summed E-state index contributed by atoms with van der Waals surface area (Å²) in [6.45, 7) is 13.6. The molecule has 8 nitrogen and oxygen atoms in total. The van der Waals surface area contributed by atoms with Gasteiger partial charge in [0.15, 0.2) is 11.4 Å². The highest BCUT2D eigenvalue weighted by Crippen LogP contribution is 2.58. The minimum absolute atomic E-state index is 0.0340. The predicted molar refractivity (Wildman–Crippen MR) is 122 cm³/mol. The maximum Gasteiger partial charge on any atom is 0.303 e. The van der Waals surface area contributed by atoms with Crippen LogP contribution in [0.25, 0.3) is 0 Å². The first-order chi connectivity index (χ1) is 15.7. The molecule has 0 aromatic heterocycles. The molecule has 190 valence electrons. The van der Waals surface area contributed by atoms with Gasteiger partial charge in [-0.3, -0.25) is 19.2 Å². The Morgan fingerprint density at radius 2 is 1.68 bits per heavy atom. The van der Waals surface area contributed by atoms with E-state index in [2.05, 4.69) is 13.8 Å². The number of ether oxygens (including phenoxy) is 4. The summed E-state index contributed by atoms with van der Waals surface area (Å²) >= 11 is 0. The van der Waals surface area contributed by atoms with Crippen molar-refractivity contribution in [3.8, 4) is 0 Å². The van der Waals surface area contributed by atoms with Crippen LogP contribution in [-0.2, 0) is 38.1 Å². The molecule has 0 radical (unpaired) electrons. The van der Waals surface area contributed by atoms with Crippen molar-refractivity contribution in [1.29, 1.82) is 0 Å². The number of fused-ring (bicyclic) bond motifs is 5. The van der Waals surface area contributed by atoms with Crippen LogP contribution in [0.3, 0.4) is 0 Å². The van der Waals surface area contributed by atoms with E-state index >= 15 is 0 Å². The Hall–Kier alpha value is -2.22. The molecule has 0 unspecified atom stereocenters. The van der Waals surface area contributed by atoms with E-state index in [1.165, 1.54) is 20.8 Å². The van der Waals surface area contributed by atoms with E-state index in [1.54, 1.807) is 19.9 Å². The zero-order chi connectivity index (χ0) is 25.6. The van der Waals surface area contributed by atoms with Gasteiger partial charge in [0.2, 0.25) is 0 Å². The molecule has 3 rings (SSSR count). The van der Waals surface area contributed by atoms with Crippen LogP contribution < -0.4 is 0 Å². The Kier molecular flexibility index (Phi) is 7.32. The summed E-state index contributed by atoms with van der Waals surface area (Å²) < 4.78 is 24.2. The van der Waals surface area contributed by atoms with E-state index in [-0.39, 0.29) is 30.0 Å². The van der Waals surface area contributed by atoms with Crippen LogP contribution in [0.15, 0.2) is 11.6 Å². The summed E-state index contributed by atoms with van der Waals surface area (Å²) in [6.07, 6.45) is 1.04. The Morgan fingerprint density at radius 3 is 2.21 bits per heavy atom. The van der Waals surface area contributed by atoms with Crippen molar-refractivity contribution < 1.29 is 38.1 Å². The molecular formula is C26H38O8. The van der Waals surface area contributed by atoms with E-state index in [0.717, 1.165) is 0 Å². The molecule has 0 N–H and O–H groups in total. The smallest absolute Gasteiger partial charge is 0.303 e. The number of hydrogen-bond acceptors (Lipinski definition) is 8. The topological polar surface area (TPSA) is 105 Å². The molecule has 2 bridgehead atoms.